The fraction of sp³-hybridized carbons (Fsp3) is 0.438. The Morgan fingerprint density at radius 3 is 3.05 bits per heavy atom. The van der Waals surface area contributed by atoms with E-state index in [2.05, 4.69) is 22.5 Å². The highest BCUT2D eigenvalue weighted by Crippen LogP contribution is 2.27. The zero-order valence-corrected chi connectivity index (χ0v) is 11.6. The molecule has 1 aromatic heterocycles. The quantitative estimate of drug-likeness (QED) is 0.648. The standard InChI is InChI=1S/C16H21N3O/c17-19-16(8-7-12-4-3-11-20-12)14-9-10-18-15-6-2-1-5-13(14)15/h1-2,5-6,9-10,12,16,19H,3-4,7-8,11,17H2. The van der Waals surface area contributed by atoms with Gasteiger partial charge in [-0.1, -0.05) is 18.2 Å². The van der Waals surface area contributed by atoms with Crippen LogP contribution in [0.3, 0.4) is 0 Å². The topological polar surface area (TPSA) is 60.2 Å². The molecule has 0 saturated carbocycles. The number of rotatable bonds is 5. The number of hydrogen-bond acceptors (Lipinski definition) is 4. The van der Waals surface area contributed by atoms with Crippen molar-refractivity contribution in [3.63, 3.8) is 0 Å². The number of nitrogens with two attached hydrogens (primary N) is 1. The van der Waals surface area contributed by atoms with Crippen molar-refractivity contribution in [1.82, 2.24) is 10.4 Å². The van der Waals surface area contributed by atoms with Crippen LogP contribution in [-0.2, 0) is 4.74 Å². The Balaban J connectivity index is 1.79. The number of nitrogens with one attached hydrogen (secondary N) is 1. The third kappa shape index (κ3) is 2.82. The molecule has 2 aromatic rings. The van der Waals surface area contributed by atoms with Gasteiger partial charge in [0.15, 0.2) is 0 Å². The molecule has 3 N–H and O–H groups in total. The van der Waals surface area contributed by atoms with Crippen LogP contribution in [0, 0.1) is 0 Å². The summed E-state index contributed by atoms with van der Waals surface area (Å²) in [5, 5.41) is 1.17. The lowest BCUT2D eigenvalue weighted by molar-refractivity contribution is 0.0996. The van der Waals surface area contributed by atoms with Gasteiger partial charge in [0.2, 0.25) is 0 Å². The molecule has 1 fully saturated rings. The fourth-order valence-corrected chi connectivity index (χ4v) is 2.98. The van der Waals surface area contributed by atoms with E-state index >= 15 is 0 Å². The lowest BCUT2D eigenvalue weighted by Crippen LogP contribution is -2.29. The Labute approximate surface area is 119 Å². The predicted molar refractivity (Wildman–Crippen MR) is 80.0 cm³/mol. The average molecular weight is 271 g/mol. The van der Waals surface area contributed by atoms with Gasteiger partial charge in [-0.15, -0.1) is 0 Å². The van der Waals surface area contributed by atoms with E-state index in [-0.39, 0.29) is 6.04 Å². The summed E-state index contributed by atoms with van der Waals surface area (Å²) in [6.45, 7) is 0.906. The van der Waals surface area contributed by atoms with Crippen LogP contribution in [0.25, 0.3) is 10.9 Å². The first-order chi connectivity index (χ1) is 9.88. The molecule has 4 heteroatoms. The molecule has 0 bridgehead atoms. The normalized spacial score (nSPS) is 20.4. The molecule has 4 nitrogen and oxygen atoms in total. The van der Waals surface area contributed by atoms with E-state index in [1.54, 1.807) is 0 Å². The highest BCUT2D eigenvalue weighted by Gasteiger charge is 2.19. The third-order valence-corrected chi connectivity index (χ3v) is 4.06. The zero-order chi connectivity index (χ0) is 13.8. The lowest BCUT2D eigenvalue weighted by Gasteiger charge is -2.19. The summed E-state index contributed by atoms with van der Waals surface area (Å²) in [5.41, 5.74) is 5.19. The van der Waals surface area contributed by atoms with Crippen LogP contribution < -0.4 is 11.3 Å². The zero-order valence-electron chi connectivity index (χ0n) is 11.6. The summed E-state index contributed by atoms with van der Waals surface area (Å²) in [7, 11) is 0. The van der Waals surface area contributed by atoms with Crippen LogP contribution in [0.1, 0.15) is 37.3 Å². The second kappa shape index (κ2) is 6.31. The van der Waals surface area contributed by atoms with Gasteiger partial charge >= 0.3 is 0 Å². The molecular formula is C16H21N3O. The second-order valence-corrected chi connectivity index (χ2v) is 5.35. The SMILES string of the molecule is NNC(CCC1CCCO1)c1ccnc2ccccc12. The number of fused-ring (bicyclic) bond motifs is 1. The predicted octanol–water partition coefficient (Wildman–Crippen LogP) is 2.70. The van der Waals surface area contributed by atoms with Gasteiger partial charge in [0.1, 0.15) is 0 Å². The summed E-state index contributed by atoms with van der Waals surface area (Å²) >= 11 is 0. The van der Waals surface area contributed by atoms with Crippen molar-refractivity contribution in [2.45, 2.75) is 37.8 Å². The van der Waals surface area contributed by atoms with Crippen LogP contribution in [0.5, 0.6) is 0 Å². The smallest absolute Gasteiger partial charge is 0.0705 e. The number of ether oxygens (including phenoxy) is 1. The minimum Gasteiger partial charge on any atom is -0.378 e. The average Bonchev–Trinajstić information content (AvgIpc) is 3.01. The molecule has 1 aliphatic heterocycles. The van der Waals surface area contributed by atoms with Gasteiger partial charge in [0.25, 0.3) is 0 Å². The Hall–Kier alpha value is -1.49. The molecule has 0 aliphatic carbocycles. The molecule has 1 aliphatic rings. The molecule has 0 amide bonds. The molecule has 2 atom stereocenters. The van der Waals surface area contributed by atoms with E-state index < -0.39 is 0 Å². The van der Waals surface area contributed by atoms with Crippen LogP contribution in [0.15, 0.2) is 36.5 Å². The van der Waals surface area contributed by atoms with Gasteiger partial charge in [0, 0.05) is 24.2 Å². The fourth-order valence-electron chi connectivity index (χ4n) is 2.98. The molecule has 0 spiro atoms. The van der Waals surface area contributed by atoms with Crippen molar-refractivity contribution in [3.05, 3.63) is 42.1 Å². The highest BCUT2D eigenvalue weighted by molar-refractivity contribution is 5.82. The minimum absolute atomic E-state index is 0.145. The summed E-state index contributed by atoms with van der Waals surface area (Å²) in [5.74, 6) is 5.77. The second-order valence-electron chi connectivity index (χ2n) is 5.35. The Bertz CT molecular complexity index is 561. The number of aromatic nitrogens is 1. The van der Waals surface area contributed by atoms with Crippen LogP contribution in [0.4, 0.5) is 0 Å². The van der Waals surface area contributed by atoms with Gasteiger partial charge in [-0.2, -0.15) is 0 Å². The lowest BCUT2D eigenvalue weighted by atomic mass is 9.97. The number of hydrazine groups is 1. The van der Waals surface area contributed by atoms with Gasteiger partial charge in [-0.25, -0.2) is 0 Å². The maximum Gasteiger partial charge on any atom is 0.0705 e. The van der Waals surface area contributed by atoms with E-state index in [9.17, 15) is 0 Å². The van der Waals surface area contributed by atoms with Crippen molar-refractivity contribution < 1.29 is 4.74 Å². The molecule has 20 heavy (non-hydrogen) atoms. The Morgan fingerprint density at radius 1 is 1.35 bits per heavy atom. The van der Waals surface area contributed by atoms with Crippen molar-refractivity contribution in [1.29, 1.82) is 0 Å². The number of pyridine rings is 1. The van der Waals surface area contributed by atoms with Crippen LogP contribution in [0.2, 0.25) is 0 Å². The van der Waals surface area contributed by atoms with Crippen molar-refractivity contribution >= 4 is 10.9 Å². The maximum atomic E-state index is 5.77. The maximum absolute atomic E-state index is 5.77. The van der Waals surface area contributed by atoms with Crippen molar-refractivity contribution in [3.8, 4) is 0 Å². The molecule has 0 radical (unpaired) electrons. The monoisotopic (exact) mass is 271 g/mol. The summed E-state index contributed by atoms with van der Waals surface area (Å²) < 4.78 is 5.69. The molecule has 2 heterocycles. The number of hydrogen-bond donors (Lipinski definition) is 2. The van der Waals surface area contributed by atoms with E-state index in [0.29, 0.717) is 6.10 Å². The molecule has 3 rings (SSSR count). The van der Waals surface area contributed by atoms with E-state index in [0.717, 1.165) is 25.0 Å². The van der Waals surface area contributed by atoms with E-state index in [1.165, 1.54) is 23.8 Å². The van der Waals surface area contributed by atoms with Crippen LogP contribution in [-0.4, -0.2) is 17.7 Å². The first-order valence-corrected chi connectivity index (χ1v) is 7.30. The van der Waals surface area contributed by atoms with Gasteiger partial charge < -0.3 is 4.74 Å². The highest BCUT2D eigenvalue weighted by atomic mass is 16.5. The number of benzene rings is 1. The molecule has 2 unspecified atom stereocenters. The molecule has 1 saturated heterocycles. The van der Waals surface area contributed by atoms with E-state index in [4.69, 9.17) is 10.6 Å². The van der Waals surface area contributed by atoms with Crippen LogP contribution >= 0.6 is 0 Å². The van der Waals surface area contributed by atoms with Crippen molar-refractivity contribution in [2.75, 3.05) is 6.61 Å². The van der Waals surface area contributed by atoms with Gasteiger partial charge in [-0.3, -0.25) is 16.3 Å². The minimum atomic E-state index is 0.145. The van der Waals surface area contributed by atoms with Crippen molar-refractivity contribution in [2.24, 2.45) is 5.84 Å². The Morgan fingerprint density at radius 2 is 2.25 bits per heavy atom. The third-order valence-electron chi connectivity index (χ3n) is 4.06. The molecule has 106 valence electrons. The Kier molecular flexibility index (Phi) is 4.25. The molecular weight excluding hydrogens is 250 g/mol. The number of para-hydroxylation sites is 1. The van der Waals surface area contributed by atoms with Gasteiger partial charge in [0.05, 0.1) is 11.6 Å². The van der Waals surface area contributed by atoms with Gasteiger partial charge in [-0.05, 0) is 43.4 Å². The first kappa shape index (κ1) is 13.5. The molecule has 1 aromatic carbocycles. The summed E-state index contributed by atoms with van der Waals surface area (Å²) in [6.07, 6.45) is 6.64. The first-order valence-electron chi connectivity index (χ1n) is 7.30. The summed E-state index contributed by atoms with van der Waals surface area (Å²) in [4.78, 5) is 4.40. The van der Waals surface area contributed by atoms with E-state index in [1.807, 2.05) is 24.4 Å². The summed E-state index contributed by atoms with van der Waals surface area (Å²) in [6, 6.07) is 10.4. The largest absolute Gasteiger partial charge is 0.378 e. The number of nitrogens with zero attached hydrogens (tertiary/aromatic N) is 1.